The van der Waals surface area contributed by atoms with E-state index in [0.29, 0.717) is 10.6 Å². The van der Waals surface area contributed by atoms with Crippen LogP contribution in [-0.2, 0) is 4.74 Å². The zero-order valence-corrected chi connectivity index (χ0v) is 15.7. The summed E-state index contributed by atoms with van der Waals surface area (Å²) in [6.07, 6.45) is -1.94. The Morgan fingerprint density at radius 2 is 2.07 bits per heavy atom. The van der Waals surface area contributed by atoms with E-state index in [1.165, 1.54) is 17.1 Å². The number of ether oxygens (including phenoxy) is 1. The van der Waals surface area contributed by atoms with E-state index in [2.05, 4.69) is 25.5 Å². The van der Waals surface area contributed by atoms with Crippen molar-refractivity contribution in [1.82, 2.24) is 19.5 Å². The fourth-order valence-electron chi connectivity index (χ4n) is 3.08. The first-order chi connectivity index (χ1) is 14.0. The number of aliphatic hydroxyl groups excluding tert-OH is 3. The average molecular weight is 420 g/mol. The van der Waals surface area contributed by atoms with Gasteiger partial charge in [0.1, 0.15) is 24.6 Å². The van der Waals surface area contributed by atoms with E-state index in [9.17, 15) is 15.3 Å². The van der Waals surface area contributed by atoms with Crippen LogP contribution in [0.2, 0.25) is 5.02 Å². The van der Waals surface area contributed by atoms with E-state index in [4.69, 9.17) is 22.1 Å². The summed E-state index contributed by atoms with van der Waals surface area (Å²) in [6, 6.07) is 7.13. The minimum atomic E-state index is -1.34. The summed E-state index contributed by atoms with van der Waals surface area (Å²) in [4.78, 5) is 12.4. The van der Waals surface area contributed by atoms with Gasteiger partial charge in [0.15, 0.2) is 23.2 Å². The second-order valence-electron chi connectivity index (χ2n) is 6.36. The number of benzene rings is 1. The Kier molecular flexibility index (Phi) is 5.30. The Morgan fingerprint density at radius 3 is 2.79 bits per heavy atom. The normalized spacial score (nSPS) is 24.6. The SMILES string of the molecule is Nc1ncnc2c1nc(NN=Cc1ccccc1Cl)n2C1OC(CO)C(O)C1O. The molecule has 29 heavy (non-hydrogen) atoms. The molecular weight excluding hydrogens is 402 g/mol. The van der Waals surface area contributed by atoms with Crippen LogP contribution in [-0.4, -0.2) is 66.0 Å². The number of nitrogens with zero attached hydrogens (tertiary/aromatic N) is 5. The lowest BCUT2D eigenvalue weighted by Gasteiger charge is -2.18. The van der Waals surface area contributed by atoms with Gasteiger partial charge in [-0.3, -0.25) is 4.57 Å². The number of hydrogen-bond acceptors (Lipinski definition) is 10. The van der Waals surface area contributed by atoms with Crippen LogP contribution >= 0.6 is 11.6 Å². The van der Waals surface area contributed by atoms with Crippen molar-refractivity contribution in [3.63, 3.8) is 0 Å². The number of halogens is 1. The van der Waals surface area contributed by atoms with Crippen molar-refractivity contribution in [2.24, 2.45) is 5.10 Å². The van der Waals surface area contributed by atoms with E-state index in [1.807, 2.05) is 6.07 Å². The maximum Gasteiger partial charge on any atom is 0.228 e. The van der Waals surface area contributed by atoms with Crippen molar-refractivity contribution in [3.8, 4) is 0 Å². The third kappa shape index (κ3) is 3.50. The number of nitrogen functional groups attached to an aromatic ring is 1. The van der Waals surface area contributed by atoms with Crippen LogP contribution < -0.4 is 11.2 Å². The molecule has 0 saturated carbocycles. The highest BCUT2D eigenvalue weighted by molar-refractivity contribution is 6.33. The molecule has 6 N–H and O–H groups in total. The number of rotatable bonds is 5. The molecule has 0 amide bonds. The van der Waals surface area contributed by atoms with Gasteiger partial charge in [0.25, 0.3) is 0 Å². The van der Waals surface area contributed by atoms with E-state index in [0.717, 1.165) is 0 Å². The topological polar surface area (TPSA) is 164 Å². The van der Waals surface area contributed by atoms with Crippen LogP contribution in [0.4, 0.5) is 11.8 Å². The molecule has 1 aliphatic heterocycles. The second-order valence-corrected chi connectivity index (χ2v) is 6.76. The zero-order chi connectivity index (χ0) is 20.5. The van der Waals surface area contributed by atoms with Crippen LogP contribution in [0.15, 0.2) is 35.7 Å². The third-order valence-electron chi connectivity index (χ3n) is 4.55. The first-order valence-electron chi connectivity index (χ1n) is 8.65. The van der Waals surface area contributed by atoms with Gasteiger partial charge in [0, 0.05) is 10.6 Å². The van der Waals surface area contributed by atoms with Crippen molar-refractivity contribution in [1.29, 1.82) is 0 Å². The number of aromatic nitrogens is 4. The van der Waals surface area contributed by atoms with Gasteiger partial charge in [0.2, 0.25) is 5.95 Å². The number of anilines is 2. The summed E-state index contributed by atoms with van der Waals surface area (Å²) >= 11 is 6.11. The van der Waals surface area contributed by atoms with Gasteiger partial charge in [-0.1, -0.05) is 29.8 Å². The summed E-state index contributed by atoms with van der Waals surface area (Å²) in [5, 5.41) is 34.6. The van der Waals surface area contributed by atoms with Crippen LogP contribution in [0.3, 0.4) is 0 Å². The molecule has 152 valence electrons. The van der Waals surface area contributed by atoms with E-state index in [1.54, 1.807) is 18.2 Å². The van der Waals surface area contributed by atoms with E-state index in [-0.39, 0.29) is 22.9 Å². The number of aliphatic hydroxyl groups is 3. The predicted molar refractivity (Wildman–Crippen MR) is 105 cm³/mol. The second kappa shape index (κ2) is 7.89. The highest BCUT2D eigenvalue weighted by Crippen LogP contribution is 2.35. The van der Waals surface area contributed by atoms with Gasteiger partial charge in [0.05, 0.1) is 12.8 Å². The van der Waals surface area contributed by atoms with Crippen molar-refractivity contribution in [2.45, 2.75) is 24.5 Å². The van der Waals surface area contributed by atoms with Gasteiger partial charge in [-0.05, 0) is 6.07 Å². The lowest BCUT2D eigenvalue weighted by atomic mass is 10.1. The first-order valence-corrected chi connectivity index (χ1v) is 9.03. The fraction of sp³-hybridized carbons (Fsp3) is 0.294. The molecule has 4 unspecified atom stereocenters. The largest absolute Gasteiger partial charge is 0.394 e. The summed E-state index contributed by atoms with van der Waals surface area (Å²) in [5.74, 6) is 0.268. The minimum absolute atomic E-state index is 0.124. The van der Waals surface area contributed by atoms with Crippen molar-refractivity contribution in [3.05, 3.63) is 41.2 Å². The van der Waals surface area contributed by atoms with E-state index < -0.39 is 31.1 Å². The summed E-state index contributed by atoms with van der Waals surface area (Å²) in [6.45, 7) is -0.466. The maximum absolute atomic E-state index is 10.4. The van der Waals surface area contributed by atoms with Crippen molar-refractivity contribution in [2.75, 3.05) is 17.8 Å². The molecule has 1 aliphatic rings. The molecule has 0 aliphatic carbocycles. The monoisotopic (exact) mass is 419 g/mol. The number of hydrazone groups is 1. The summed E-state index contributed by atoms with van der Waals surface area (Å²) in [5.41, 5.74) is 9.85. The molecule has 1 fully saturated rings. The number of nitrogens with two attached hydrogens (primary N) is 1. The highest BCUT2D eigenvalue weighted by Gasteiger charge is 2.45. The molecule has 12 heteroatoms. The average Bonchev–Trinajstić information content (AvgIpc) is 3.22. The van der Waals surface area contributed by atoms with Crippen molar-refractivity contribution >= 4 is 40.7 Å². The standard InChI is InChI=1S/C17H18ClN7O4/c18-9-4-2-1-3-8(9)5-22-24-17-23-11-14(19)20-7-21-15(11)25(17)16-13(28)12(27)10(6-26)29-16/h1-5,7,10,12-13,16,26-28H,6H2,(H,23,24)(H2,19,20,21). The summed E-state index contributed by atoms with van der Waals surface area (Å²) in [7, 11) is 0. The molecule has 0 spiro atoms. The molecule has 4 atom stereocenters. The molecule has 2 aromatic heterocycles. The first kappa shape index (κ1) is 19.5. The van der Waals surface area contributed by atoms with Crippen molar-refractivity contribution < 1.29 is 20.1 Å². The zero-order valence-electron chi connectivity index (χ0n) is 14.9. The quantitative estimate of drug-likeness (QED) is 0.285. The van der Waals surface area contributed by atoms with Gasteiger partial charge in [-0.2, -0.15) is 5.10 Å². The summed E-state index contributed by atoms with van der Waals surface area (Å²) < 4.78 is 7.01. The number of hydrogen-bond donors (Lipinski definition) is 5. The highest BCUT2D eigenvalue weighted by atomic mass is 35.5. The van der Waals surface area contributed by atoms with Gasteiger partial charge >= 0.3 is 0 Å². The number of fused-ring (bicyclic) bond motifs is 1. The van der Waals surface area contributed by atoms with Gasteiger partial charge in [-0.15, -0.1) is 0 Å². The Morgan fingerprint density at radius 1 is 1.28 bits per heavy atom. The molecule has 3 aromatic rings. The Bertz CT molecular complexity index is 1060. The minimum Gasteiger partial charge on any atom is -0.394 e. The third-order valence-corrected chi connectivity index (χ3v) is 4.89. The maximum atomic E-state index is 10.4. The van der Waals surface area contributed by atoms with Crippen LogP contribution in [0, 0.1) is 0 Å². The molecule has 1 aromatic carbocycles. The molecule has 4 rings (SSSR count). The van der Waals surface area contributed by atoms with Crippen LogP contribution in [0.25, 0.3) is 11.2 Å². The van der Waals surface area contributed by atoms with Crippen LogP contribution in [0.1, 0.15) is 11.8 Å². The molecule has 0 radical (unpaired) electrons. The number of nitrogens with one attached hydrogen (secondary N) is 1. The predicted octanol–water partition coefficient (Wildman–Crippen LogP) is 0.119. The lowest BCUT2D eigenvalue weighted by Crippen LogP contribution is -2.33. The lowest BCUT2D eigenvalue weighted by molar-refractivity contribution is -0.0501. The molecule has 1 saturated heterocycles. The molecular formula is C17H18ClN7O4. The molecule has 3 heterocycles. The van der Waals surface area contributed by atoms with Gasteiger partial charge in [-0.25, -0.2) is 20.4 Å². The molecule has 11 nitrogen and oxygen atoms in total. The fourth-order valence-corrected chi connectivity index (χ4v) is 3.26. The Hall–Kier alpha value is -2.83. The van der Waals surface area contributed by atoms with Crippen LogP contribution in [0.5, 0.6) is 0 Å². The Labute approximate surface area is 169 Å². The molecule has 0 bridgehead atoms. The van der Waals surface area contributed by atoms with E-state index >= 15 is 0 Å². The van der Waals surface area contributed by atoms with Gasteiger partial charge < -0.3 is 25.8 Å². The Balaban J connectivity index is 1.73. The smallest absolute Gasteiger partial charge is 0.228 e. The number of imidazole rings is 1.